The summed E-state index contributed by atoms with van der Waals surface area (Å²) in [5, 5.41) is 2.81. The van der Waals surface area contributed by atoms with Crippen molar-refractivity contribution in [2.24, 2.45) is 5.41 Å². The number of ether oxygens (including phenoxy) is 1. The molecule has 0 atom stereocenters. The smallest absolute Gasteiger partial charge is 0.331 e. The molecule has 1 aromatic heterocycles. The van der Waals surface area contributed by atoms with Crippen LogP contribution in [0.1, 0.15) is 40.9 Å². The van der Waals surface area contributed by atoms with Gasteiger partial charge in [0, 0.05) is 21.9 Å². The van der Waals surface area contributed by atoms with Crippen molar-refractivity contribution in [3.8, 4) is 0 Å². The number of rotatable bonds is 7. The van der Waals surface area contributed by atoms with Gasteiger partial charge in [-0.05, 0) is 24.3 Å². The Bertz CT molecular complexity index is 896. The fourth-order valence-electron chi connectivity index (χ4n) is 2.08. The van der Waals surface area contributed by atoms with Gasteiger partial charge >= 0.3 is 5.97 Å². The number of halogens is 1. The highest BCUT2D eigenvalue weighted by Crippen LogP contribution is 2.18. The first-order chi connectivity index (χ1) is 13.2. The van der Waals surface area contributed by atoms with Gasteiger partial charge in [-0.1, -0.05) is 39.0 Å². The molecule has 0 spiro atoms. The summed E-state index contributed by atoms with van der Waals surface area (Å²) in [6.45, 7) is 5.38. The number of thiophene rings is 1. The van der Waals surface area contributed by atoms with Crippen molar-refractivity contribution < 1.29 is 23.5 Å². The van der Waals surface area contributed by atoms with Gasteiger partial charge < -0.3 is 10.1 Å². The lowest BCUT2D eigenvalue weighted by Gasteiger charge is -2.17. The van der Waals surface area contributed by atoms with Gasteiger partial charge in [0.25, 0.3) is 0 Å². The monoisotopic (exact) mass is 403 g/mol. The van der Waals surface area contributed by atoms with Crippen LogP contribution in [0.3, 0.4) is 0 Å². The lowest BCUT2D eigenvalue weighted by molar-refractivity contribution is -0.136. The van der Waals surface area contributed by atoms with E-state index in [0.717, 1.165) is 11.0 Å². The van der Waals surface area contributed by atoms with E-state index in [1.807, 2.05) is 20.8 Å². The fraction of sp³-hybridized carbons (Fsp3) is 0.286. The van der Waals surface area contributed by atoms with E-state index >= 15 is 0 Å². The van der Waals surface area contributed by atoms with Crippen LogP contribution >= 0.6 is 11.3 Å². The van der Waals surface area contributed by atoms with Crippen LogP contribution in [-0.4, -0.2) is 24.3 Å². The Morgan fingerprint density at radius 2 is 1.86 bits per heavy atom. The van der Waals surface area contributed by atoms with Crippen molar-refractivity contribution >= 4 is 35.1 Å². The molecule has 2 rings (SSSR count). The van der Waals surface area contributed by atoms with E-state index in [1.165, 1.54) is 29.5 Å². The number of amides is 1. The van der Waals surface area contributed by atoms with Gasteiger partial charge in [0.05, 0.1) is 11.4 Å². The molecule has 0 aliphatic rings. The highest BCUT2D eigenvalue weighted by Gasteiger charge is 2.21. The fourth-order valence-corrected chi connectivity index (χ4v) is 2.95. The maximum Gasteiger partial charge on any atom is 0.331 e. The van der Waals surface area contributed by atoms with Gasteiger partial charge in [0.1, 0.15) is 5.82 Å². The van der Waals surface area contributed by atoms with Gasteiger partial charge in [-0.25, -0.2) is 9.18 Å². The third kappa shape index (κ3) is 6.42. The van der Waals surface area contributed by atoms with Crippen molar-refractivity contribution in [1.29, 1.82) is 0 Å². The summed E-state index contributed by atoms with van der Waals surface area (Å²) in [5.41, 5.74) is -0.230. The van der Waals surface area contributed by atoms with Gasteiger partial charge in [-0.3, -0.25) is 9.59 Å². The highest BCUT2D eigenvalue weighted by molar-refractivity contribution is 7.14. The van der Waals surface area contributed by atoms with E-state index in [4.69, 9.17) is 4.74 Å². The molecule has 0 saturated heterocycles. The molecule has 28 heavy (non-hydrogen) atoms. The average molecular weight is 403 g/mol. The second-order valence-corrected chi connectivity index (χ2v) is 8.25. The van der Waals surface area contributed by atoms with Crippen LogP contribution in [0.4, 0.5) is 4.39 Å². The molecule has 0 aliphatic heterocycles. The van der Waals surface area contributed by atoms with Crippen molar-refractivity contribution in [1.82, 2.24) is 5.32 Å². The van der Waals surface area contributed by atoms with Crippen molar-refractivity contribution in [2.75, 3.05) is 6.61 Å². The first kappa shape index (κ1) is 21.5. The molecule has 0 aliphatic carbocycles. The molecule has 1 N–H and O–H groups in total. The predicted molar refractivity (Wildman–Crippen MR) is 106 cm³/mol. The zero-order valence-electron chi connectivity index (χ0n) is 16.0. The molecule has 2 aromatic rings. The van der Waals surface area contributed by atoms with Gasteiger partial charge in [0.2, 0.25) is 11.7 Å². The van der Waals surface area contributed by atoms with E-state index in [2.05, 4.69) is 5.32 Å². The second-order valence-electron chi connectivity index (χ2n) is 7.08. The SMILES string of the molecule is CC(C)(C)C(=O)NCc1ccc(C(=O)COC(=O)/C=C/c2ccccc2F)s1. The first-order valence-electron chi connectivity index (χ1n) is 8.66. The molecule has 0 saturated carbocycles. The number of carbonyl (C=O) groups excluding carboxylic acids is 3. The highest BCUT2D eigenvalue weighted by atomic mass is 32.1. The minimum Gasteiger partial charge on any atom is -0.454 e. The number of nitrogens with one attached hydrogen (secondary N) is 1. The first-order valence-corrected chi connectivity index (χ1v) is 9.48. The van der Waals surface area contributed by atoms with E-state index in [0.29, 0.717) is 11.4 Å². The molecule has 0 fully saturated rings. The molecule has 5 nitrogen and oxygen atoms in total. The van der Waals surface area contributed by atoms with E-state index < -0.39 is 23.8 Å². The Morgan fingerprint density at radius 3 is 2.54 bits per heavy atom. The molecule has 1 amide bonds. The second kappa shape index (κ2) is 9.41. The Kier molecular flexibility index (Phi) is 7.23. The zero-order chi connectivity index (χ0) is 20.7. The molecule has 1 aromatic carbocycles. The third-order valence-electron chi connectivity index (χ3n) is 3.69. The normalized spacial score (nSPS) is 11.4. The molecule has 1 heterocycles. The van der Waals surface area contributed by atoms with Crippen LogP contribution in [0.15, 0.2) is 42.5 Å². The van der Waals surface area contributed by atoms with Crippen molar-refractivity contribution in [3.63, 3.8) is 0 Å². The summed E-state index contributed by atoms with van der Waals surface area (Å²) in [7, 11) is 0. The van der Waals surface area contributed by atoms with Crippen LogP contribution in [0.25, 0.3) is 6.08 Å². The lowest BCUT2D eigenvalue weighted by Crippen LogP contribution is -2.34. The molecule has 148 valence electrons. The Labute approximate surface area is 167 Å². The van der Waals surface area contributed by atoms with Crippen molar-refractivity contribution in [3.05, 3.63) is 63.6 Å². The standard InChI is InChI=1S/C21H22FNO4S/c1-21(2,3)20(26)23-12-15-9-10-18(28-15)17(24)13-27-19(25)11-8-14-6-4-5-7-16(14)22/h4-11H,12-13H2,1-3H3,(H,23,26)/b11-8+. The molecular weight excluding hydrogens is 381 g/mol. The van der Waals surface area contributed by atoms with Crippen LogP contribution in [-0.2, 0) is 20.9 Å². The molecular formula is C21H22FNO4S. The topological polar surface area (TPSA) is 72.5 Å². The Balaban J connectivity index is 1.83. The summed E-state index contributed by atoms with van der Waals surface area (Å²) in [4.78, 5) is 37.0. The minimum absolute atomic E-state index is 0.0793. The molecule has 0 unspecified atom stereocenters. The number of carbonyl (C=O) groups is 3. The van der Waals surface area contributed by atoms with E-state index in [1.54, 1.807) is 24.3 Å². The molecule has 0 radical (unpaired) electrons. The zero-order valence-corrected chi connectivity index (χ0v) is 16.8. The van der Waals surface area contributed by atoms with Gasteiger partial charge in [-0.15, -0.1) is 11.3 Å². The third-order valence-corrected chi connectivity index (χ3v) is 4.82. The van der Waals surface area contributed by atoms with Gasteiger partial charge in [0.15, 0.2) is 6.61 Å². The van der Waals surface area contributed by atoms with Crippen LogP contribution < -0.4 is 5.32 Å². The average Bonchev–Trinajstić information content (AvgIpc) is 3.11. The van der Waals surface area contributed by atoms with E-state index in [-0.39, 0.29) is 17.3 Å². The van der Waals surface area contributed by atoms with Gasteiger partial charge in [-0.2, -0.15) is 0 Å². The minimum atomic E-state index is -0.731. The number of hydrogen-bond acceptors (Lipinski definition) is 5. The molecule has 0 bridgehead atoms. The summed E-state index contributed by atoms with van der Waals surface area (Å²) < 4.78 is 18.4. The number of benzene rings is 1. The molecule has 7 heteroatoms. The van der Waals surface area contributed by atoms with Crippen LogP contribution in [0, 0.1) is 11.2 Å². The maximum atomic E-state index is 13.5. The van der Waals surface area contributed by atoms with Crippen LogP contribution in [0.2, 0.25) is 0 Å². The maximum absolute atomic E-state index is 13.5. The van der Waals surface area contributed by atoms with E-state index in [9.17, 15) is 18.8 Å². The summed E-state index contributed by atoms with van der Waals surface area (Å²) in [5.74, 6) is -1.60. The lowest BCUT2D eigenvalue weighted by atomic mass is 9.96. The number of Topliss-reactive ketones (excluding diaryl/α,β-unsaturated/α-hetero) is 1. The largest absolute Gasteiger partial charge is 0.454 e. The number of hydrogen-bond donors (Lipinski definition) is 1. The summed E-state index contributed by atoms with van der Waals surface area (Å²) >= 11 is 1.23. The predicted octanol–water partition coefficient (Wildman–Crippen LogP) is 3.99. The Hall–Kier alpha value is -2.80. The quantitative estimate of drug-likeness (QED) is 0.431. The van der Waals surface area contributed by atoms with Crippen molar-refractivity contribution in [2.45, 2.75) is 27.3 Å². The summed E-state index contributed by atoms with van der Waals surface area (Å²) in [6, 6.07) is 9.39. The van der Waals surface area contributed by atoms with Crippen LogP contribution in [0.5, 0.6) is 0 Å². The number of esters is 1. The summed E-state index contributed by atoms with van der Waals surface area (Å²) in [6.07, 6.45) is 2.37. The number of ketones is 1. The Morgan fingerprint density at radius 1 is 1.14 bits per heavy atom.